The van der Waals surface area contributed by atoms with Crippen molar-refractivity contribution < 1.29 is 4.74 Å². The topological polar surface area (TPSA) is 61.8 Å². The first-order valence-corrected chi connectivity index (χ1v) is 11.6. The third kappa shape index (κ3) is 7.61. The molecule has 30 heavy (non-hydrogen) atoms. The maximum atomic E-state index is 5.84. The van der Waals surface area contributed by atoms with Crippen molar-refractivity contribution >= 4 is 46.3 Å². The summed E-state index contributed by atoms with van der Waals surface area (Å²) in [7, 11) is 0. The summed E-state index contributed by atoms with van der Waals surface area (Å²) < 4.78 is 5.84. The van der Waals surface area contributed by atoms with Crippen LogP contribution in [0.2, 0.25) is 0 Å². The van der Waals surface area contributed by atoms with Crippen LogP contribution < -0.4 is 20.3 Å². The van der Waals surface area contributed by atoms with E-state index in [0.717, 1.165) is 56.8 Å². The lowest BCUT2D eigenvalue weighted by molar-refractivity contribution is 0.294. The molecule has 166 valence electrons. The minimum absolute atomic E-state index is 0. The number of thiophene rings is 1. The lowest BCUT2D eigenvalue weighted by Gasteiger charge is -2.33. The summed E-state index contributed by atoms with van der Waals surface area (Å²) in [6.45, 7) is 8.51. The standard InChI is InChI=1S/C22H33N5OS.HI/c1-3-5-15-28-21-18(8-6-12-24-21)17-25-22(23-4-2)26-19-10-13-27(14-11-19)20-9-7-16-29-20;/h6-9,12,16,19H,3-5,10-11,13-15,17H2,1-2H3,(H2,23,25,26);1H. The number of hydrogen-bond acceptors (Lipinski definition) is 5. The van der Waals surface area contributed by atoms with E-state index in [0.29, 0.717) is 25.1 Å². The van der Waals surface area contributed by atoms with Crippen molar-refractivity contribution in [2.75, 3.05) is 31.1 Å². The number of halogens is 1. The summed E-state index contributed by atoms with van der Waals surface area (Å²) in [6.07, 6.45) is 6.15. The molecule has 0 radical (unpaired) electrons. The van der Waals surface area contributed by atoms with Gasteiger partial charge < -0.3 is 20.3 Å². The van der Waals surface area contributed by atoms with E-state index < -0.39 is 0 Å². The van der Waals surface area contributed by atoms with Crippen LogP contribution in [-0.4, -0.2) is 43.2 Å². The summed E-state index contributed by atoms with van der Waals surface area (Å²) in [4.78, 5) is 11.7. The number of unbranched alkanes of at least 4 members (excludes halogenated alkanes) is 1. The molecule has 2 aromatic rings. The van der Waals surface area contributed by atoms with E-state index in [2.05, 4.69) is 51.9 Å². The Morgan fingerprint density at radius 1 is 1.27 bits per heavy atom. The van der Waals surface area contributed by atoms with Crippen LogP contribution in [0.15, 0.2) is 40.8 Å². The monoisotopic (exact) mass is 543 g/mol. The first-order valence-electron chi connectivity index (χ1n) is 10.7. The Kier molecular flexibility index (Phi) is 11.3. The quantitative estimate of drug-likeness (QED) is 0.209. The average Bonchev–Trinajstić information content (AvgIpc) is 3.29. The Morgan fingerprint density at radius 2 is 2.10 bits per heavy atom. The fourth-order valence-electron chi connectivity index (χ4n) is 3.36. The predicted octanol–water partition coefficient (Wildman–Crippen LogP) is 4.66. The lowest BCUT2D eigenvalue weighted by Crippen LogP contribution is -2.48. The van der Waals surface area contributed by atoms with E-state index in [1.54, 1.807) is 6.20 Å². The molecule has 1 fully saturated rings. The molecule has 1 aliphatic rings. The number of guanidine groups is 1. The number of hydrogen-bond donors (Lipinski definition) is 2. The Balaban J connectivity index is 0.00000320. The number of piperidine rings is 1. The molecule has 6 nitrogen and oxygen atoms in total. The minimum Gasteiger partial charge on any atom is -0.477 e. The minimum atomic E-state index is 0. The molecule has 3 heterocycles. The Morgan fingerprint density at radius 3 is 2.80 bits per heavy atom. The Hall–Kier alpha value is -1.55. The zero-order chi connectivity index (χ0) is 20.3. The van der Waals surface area contributed by atoms with Gasteiger partial charge in [0.2, 0.25) is 5.88 Å². The van der Waals surface area contributed by atoms with E-state index in [1.807, 2.05) is 23.5 Å². The summed E-state index contributed by atoms with van der Waals surface area (Å²) in [5, 5.41) is 10.5. The Bertz CT molecular complexity index is 748. The van der Waals surface area contributed by atoms with Gasteiger partial charge in [0.15, 0.2) is 5.96 Å². The molecule has 0 bridgehead atoms. The van der Waals surface area contributed by atoms with E-state index in [1.165, 1.54) is 5.00 Å². The molecule has 0 amide bonds. The number of anilines is 1. The number of nitrogens with zero attached hydrogens (tertiary/aromatic N) is 3. The number of aliphatic imine (C=N–C) groups is 1. The zero-order valence-corrected chi connectivity index (χ0v) is 21.1. The van der Waals surface area contributed by atoms with Crippen molar-refractivity contribution in [3.05, 3.63) is 41.4 Å². The van der Waals surface area contributed by atoms with Crippen LogP contribution in [0, 0.1) is 0 Å². The highest BCUT2D eigenvalue weighted by atomic mass is 127. The maximum absolute atomic E-state index is 5.84. The summed E-state index contributed by atoms with van der Waals surface area (Å²) >= 11 is 1.82. The highest BCUT2D eigenvalue weighted by Gasteiger charge is 2.20. The molecule has 8 heteroatoms. The highest BCUT2D eigenvalue weighted by molar-refractivity contribution is 14.0. The number of pyridine rings is 1. The number of ether oxygens (including phenoxy) is 1. The lowest BCUT2D eigenvalue weighted by atomic mass is 10.1. The molecule has 3 rings (SSSR count). The molecule has 0 spiro atoms. The second-order valence-electron chi connectivity index (χ2n) is 7.22. The number of rotatable bonds is 9. The van der Waals surface area contributed by atoms with Gasteiger partial charge in [-0.3, -0.25) is 0 Å². The number of aromatic nitrogens is 1. The zero-order valence-electron chi connectivity index (χ0n) is 18.0. The fourth-order valence-corrected chi connectivity index (χ4v) is 4.14. The third-order valence-corrected chi connectivity index (χ3v) is 5.92. The molecule has 2 aromatic heterocycles. The van der Waals surface area contributed by atoms with Crippen LogP contribution in [0.5, 0.6) is 5.88 Å². The van der Waals surface area contributed by atoms with Gasteiger partial charge in [0.1, 0.15) is 0 Å². The smallest absolute Gasteiger partial charge is 0.218 e. The van der Waals surface area contributed by atoms with Crippen molar-refractivity contribution in [3.8, 4) is 5.88 Å². The van der Waals surface area contributed by atoms with Crippen molar-refractivity contribution in [1.82, 2.24) is 15.6 Å². The third-order valence-electron chi connectivity index (χ3n) is 4.99. The van der Waals surface area contributed by atoms with Gasteiger partial charge in [0, 0.05) is 37.4 Å². The van der Waals surface area contributed by atoms with Crippen LogP contribution in [0.25, 0.3) is 0 Å². The van der Waals surface area contributed by atoms with E-state index in [9.17, 15) is 0 Å². The molecular formula is C22H34IN5OS. The van der Waals surface area contributed by atoms with Gasteiger partial charge in [0.05, 0.1) is 18.2 Å². The second-order valence-corrected chi connectivity index (χ2v) is 8.15. The van der Waals surface area contributed by atoms with Crippen molar-refractivity contribution in [3.63, 3.8) is 0 Å². The van der Waals surface area contributed by atoms with Crippen LogP contribution in [-0.2, 0) is 6.54 Å². The van der Waals surface area contributed by atoms with Gasteiger partial charge in [-0.1, -0.05) is 19.4 Å². The summed E-state index contributed by atoms with van der Waals surface area (Å²) in [5.74, 6) is 1.57. The Labute approximate surface area is 201 Å². The average molecular weight is 544 g/mol. The molecule has 0 atom stereocenters. The van der Waals surface area contributed by atoms with E-state index >= 15 is 0 Å². The van der Waals surface area contributed by atoms with Crippen molar-refractivity contribution in [2.45, 2.75) is 52.1 Å². The first-order chi connectivity index (χ1) is 14.3. The predicted molar refractivity (Wildman–Crippen MR) is 138 cm³/mol. The molecule has 0 unspecified atom stereocenters. The highest BCUT2D eigenvalue weighted by Crippen LogP contribution is 2.24. The molecule has 0 aliphatic carbocycles. The van der Waals surface area contributed by atoms with Crippen molar-refractivity contribution in [1.29, 1.82) is 0 Å². The molecule has 0 aromatic carbocycles. The van der Waals surface area contributed by atoms with E-state index in [4.69, 9.17) is 9.73 Å². The van der Waals surface area contributed by atoms with Gasteiger partial charge in [-0.15, -0.1) is 35.3 Å². The van der Waals surface area contributed by atoms with Crippen molar-refractivity contribution in [2.24, 2.45) is 4.99 Å². The van der Waals surface area contributed by atoms with Crippen LogP contribution in [0.1, 0.15) is 45.1 Å². The molecule has 2 N–H and O–H groups in total. The SMILES string of the molecule is CCCCOc1ncccc1CN=C(NCC)NC1CCN(c2cccs2)CC1.I. The summed E-state index contributed by atoms with van der Waals surface area (Å²) in [5.41, 5.74) is 1.02. The van der Waals surface area contributed by atoms with Gasteiger partial charge >= 0.3 is 0 Å². The van der Waals surface area contributed by atoms with Gasteiger partial charge in [0.25, 0.3) is 0 Å². The van der Waals surface area contributed by atoms with Crippen LogP contribution >= 0.6 is 35.3 Å². The molecule has 1 aliphatic heterocycles. The summed E-state index contributed by atoms with van der Waals surface area (Å²) in [6, 6.07) is 8.76. The second kappa shape index (κ2) is 13.7. The number of nitrogens with one attached hydrogen (secondary N) is 2. The normalized spacial score (nSPS) is 14.9. The first kappa shape index (κ1) is 24.7. The largest absolute Gasteiger partial charge is 0.477 e. The van der Waals surface area contributed by atoms with Crippen LogP contribution in [0.3, 0.4) is 0 Å². The van der Waals surface area contributed by atoms with Crippen LogP contribution in [0.4, 0.5) is 5.00 Å². The maximum Gasteiger partial charge on any atom is 0.218 e. The van der Waals surface area contributed by atoms with Gasteiger partial charge in [-0.25, -0.2) is 9.98 Å². The molecule has 1 saturated heterocycles. The van der Waals surface area contributed by atoms with E-state index in [-0.39, 0.29) is 24.0 Å². The molecular weight excluding hydrogens is 509 g/mol. The fraction of sp³-hybridized carbons (Fsp3) is 0.545. The molecule has 0 saturated carbocycles. The van der Waals surface area contributed by atoms with Gasteiger partial charge in [-0.05, 0) is 49.8 Å². The van der Waals surface area contributed by atoms with Gasteiger partial charge in [-0.2, -0.15) is 0 Å².